The van der Waals surface area contributed by atoms with Gasteiger partial charge in [0.05, 0.1) is 17.6 Å². The topological polar surface area (TPSA) is 69.7 Å². The Kier molecular flexibility index (Phi) is 5.08. The normalized spacial score (nSPS) is 17.2. The number of nitrogens with one attached hydrogen (secondary N) is 1. The van der Waals surface area contributed by atoms with Crippen molar-refractivity contribution in [2.45, 2.75) is 12.8 Å². The van der Waals surface area contributed by atoms with Crippen molar-refractivity contribution in [2.75, 3.05) is 43.7 Å². The average Bonchev–Trinajstić information content (AvgIpc) is 2.46. The molecule has 0 aromatic heterocycles. The van der Waals surface area contributed by atoms with Gasteiger partial charge in [-0.3, -0.25) is 4.79 Å². The number of carbonyl (C=O) groups excluding carboxylic acids is 1. The van der Waals surface area contributed by atoms with E-state index in [9.17, 15) is 13.2 Å². The summed E-state index contributed by atoms with van der Waals surface area (Å²) in [5.41, 5.74) is 1.73. The number of sulfonamides is 1. The second kappa shape index (κ2) is 6.66. The van der Waals surface area contributed by atoms with E-state index < -0.39 is 10.0 Å². The van der Waals surface area contributed by atoms with Crippen molar-refractivity contribution < 1.29 is 13.2 Å². The molecule has 7 heteroatoms. The number of amides is 1. The molecule has 2 rings (SSSR count). The van der Waals surface area contributed by atoms with E-state index in [-0.39, 0.29) is 11.8 Å². The van der Waals surface area contributed by atoms with Crippen molar-refractivity contribution in [3.05, 3.63) is 24.3 Å². The van der Waals surface area contributed by atoms with Crippen molar-refractivity contribution in [1.29, 1.82) is 0 Å². The Balaban J connectivity index is 2.00. The quantitative estimate of drug-likeness (QED) is 0.907. The molecule has 6 nitrogen and oxygen atoms in total. The molecule has 0 saturated carbocycles. The molecule has 1 saturated heterocycles. The Bertz CT molecular complexity index is 635. The van der Waals surface area contributed by atoms with E-state index in [4.69, 9.17) is 0 Å². The van der Waals surface area contributed by atoms with Crippen LogP contribution in [0, 0.1) is 5.92 Å². The van der Waals surface area contributed by atoms with Gasteiger partial charge >= 0.3 is 0 Å². The second-order valence-corrected chi connectivity index (χ2v) is 7.82. The van der Waals surface area contributed by atoms with E-state index in [2.05, 4.69) is 5.32 Å². The number of hydrogen-bond donors (Lipinski definition) is 1. The molecule has 1 heterocycles. The highest BCUT2D eigenvalue weighted by molar-refractivity contribution is 7.88. The van der Waals surface area contributed by atoms with Crippen molar-refractivity contribution in [3.63, 3.8) is 0 Å². The van der Waals surface area contributed by atoms with Gasteiger partial charge in [-0.25, -0.2) is 12.7 Å². The first-order valence-corrected chi connectivity index (χ1v) is 9.16. The number of carbonyl (C=O) groups is 1. The lowest BCUT2D eigenvalue weighted by Gasteiger charge is -2.29. The van der Waals surface area contributed by atoms with Crippen LogP contribution in [0.4, 0.5) is 11.4 Å². The lowest BCUT2D eigenvalue weighted by atomic mass is 9.97. The van der Waals surface area contributed by atoms with Gasteiger partial charge in [-0.1, -0.05) is 12.1 Å². The van der Waals surface area contributed by atoms with Gasteiger partial charge in [-0.2, -0.15) is 0 Å². The molecule has 1 aliphatic heterocycles. The largest absolute Gasteiger partial charge is 0.376 e. The maximum atomic E-state index is 12.4. The number of hydrogen-bond acceptors (Lipinski definition) is 4. The van der Waals surface area contributed by atoms with Crippen LogP contribution in [0.2, 0.25) is 0 Å². The Morgan fingerprint density at radius 2 is 1.82 bits per heavy atom. The fourth-order valence-corrected chi connectivity index (χ4v) is 3.53. The molecule has 1 aliphatic rings. The Labute approximate surface area is 132 Å². The average molecular weight is 325 g/mol. The van der Waals surface area contributed by atoms with Crippen LogP contribution < -0.4 is 10.2 Å². The second-order valence-electron chi connectivity index (χ2n) is 5.84. The first-order chi connectivity index (χ1) is 10.3. The zero-order valence-electron chi connectivity index (χ0n) is 13.2. The zero-order valence-corrected chi connectivity index (χ0v) is 14.1. The molecule has 0 bridgehead atoms. The molecule has 0 radical (unpaired) electrons. The molecular formula is C15H23N3O3S. The highest BCUT2D eigenvalue weighted by atomic mass is 32.2. The van der Waals surface area contributed by atoms with Gasteiger partial charge in [0.2, 0.25) is 15.9 Å². The fraction of sp³-hybridized carbons (Fsp3) is 0.533. The van der Waals surface area contributed by atoms with Gasteiger partial charge < -0.3 is 10.2 Å². The fourth-order valence-electron chi connectivity index (χ4n) is 2.65. The van der Waals surface area contributed by atoms with Crippen LogP contribution >= 0.6 is 0 Å². The lowest BCUT2D eigenvalue weighted by Crippen LogP contribution is -2.41. The van der Waals surface area contributed by atoms with Gasteiger partial charge in [-0.05, 0) is 25.0 Å². The Hall–Kier alpha value is -1.60. The summed E-state index contributed by atoms with van der Waals surface area (Å²) >= 11 is 0. The van der Waals surface area contributed by atoms with Crippen molar-refractivity contribution in [2.24, 2.45) is 5.92 Å². The number of benzene rings is 1. The van der Waals surface area contributed by atoms with Gasteiger partial charge in [0.15, 0.2) is 0 Å². The van der Waals surface area contributed by atoms with Crippen molar-refractivity contribution in [3.8, 4) is 0 Å². The summed E-state index contributed by atoms with van der Waals surface area (Å²) in [7, 11) is 0.695. The molecule has 0 unspecified atom stereocenters. The summed E-state index contributed by atoms with van der Waals surface area (Å²) in [4.78, 5) is 14.3. The van der Waals surface area contributed by atoms with Crippen LogP contribution in [0.3, 0.4) is 0 Å². The molecule has 22 heavy (non-hydrogen) atoms. The van der Waals surface area contributed by atoms with E-state index in [0.29, 0.717) is 25.9 Å². The summed E-state index contributed by atoms with van der Waals surface area (Å²) in [6.45, 7) is 0.818. The van der Waals surface area contributed by atoms with E-state index in [1.807, 2.05) is 43.3 Å². The van der Waals surface area contributed by atoms with Crippen molar-refractivity contribution >= 4 is 27.3 Å². The number of para-hydroxylation sites is 2. The molecule has 0 atom stereocenters. The molecule has 1 aromatic carbocycles. The SMILES string of the molecule is CN(C)c1ccccc1NC(=O)C1CCN(S(C)(=O)=O)CC1. The molecular weight excluding hydrogens is 302 g/mol. The summed E-state index contributed by atoms with van der Waals surface area (Å²) in [6, 6.07) is 7.63. The van der Waals surface area contributed by atoms with Gasteiger partial charge in [0.1, 0.15) is 0 Å². The maximum absolute atomic E-state index is 12.4. The molecule has 0 spiro atoms. The van der Waals surface area contributed by atoms with Crippen LogP contribution in [-0.4, -0.2) is 52.1 Å². The Morgan fingerprint density at radius 1 is 1.23 bits per heavy atom. The van der Waals surface area contributed by atoms with E-state index in [1.54, 1.807) is 0 Å². The zero-order chi connectivity index (χ0) is 16.3. The first-order valence-electron chi connectivity index (χ1n) is 7.31. The molecule has 1 N–H and O–H groups in total. The molecule has 0 aliphatic carbocycles. The van der Waals surface area contributed by atoms with E-state index >= 15 is 0 Å². The smallest absolute Gasteiger partial charge is 0.227 e. The maximum Gasteiger partial charge on any atom is 0.227 e. The number of piperidine rings is 1. The predicted molar refractivity (Wildman–Crippen MR) is 88.5 cm³/mol. The van der Waals surface area contributed by atoms with E-state index in [0.717, 1.165) is 11.4 Å². The summed E-state index contributed by atoms with van der Waals surface area (Å²) in [5.74, 6) is -0.185. The minimum atomic E-state index is -3.16. The lowest BCUT2D eigenvalue weighted by molar-refractivity contribution is -0.120. The predicted octanol–water partition coefficient (Wildman–Crippen LogP) is 1.36. The molecule has 1 amide bonds. The van der Waals surface area contributed by atoms with E-state index in [1.165, 1.54) is 10.6 Å². The minimum absolute atomic E-state index is 0.0394. The standard InChI is InChI=1S/C15H23N3O3S/c1-17(2)14-7-5-4-6-13(14)16-15(19)12-8-10-18(11-9-12)22(3,20)21/h4-7,12H,8-11H2,1-3H3,(H,16,19). The van der Waals surface area contributed by atoms with Crippen LogP contribution in [-0.2, 0) is 14.8 Å². The van der Waals surface area contributed by atoms with Crippen molar-refractivity contribution in [1.82, 2.24) is 4.31 Å². The molecule has 1 aromatic rings. The highest BCUT2D eigenvalue weighted by Crippen LogP contribution is 2.26. The number of rotatable bonds is 4. The summed E-state index contributed by atoms with van der Waals surface area (Å²) in [5, 5.41) is 2.97. The summed E-state index contributed by atoms with van der Waals surface area (Å²) < 4.78 is 24.4. The number of nitrogens with zero attached hydrogens (tertiary/aromatic N) is 2. The van der Waals surface area contributed by atoms with Crippen LogP contribution in [0.25, 0.3) is 0 Å². The minimum Gasteiger partial charge on any atom is -0.376 e. The van der Waals surface area contributed by atoms with Crippen LogP contribution in [0.15, 0.2) is 24.3 Å². The van der Waals surface area contributed by atoms with Gasteiger partial charge in [0.25, 0.3) is 0 Å². The molecule has 122 valence electrons. The third-order valence-corrected chi connectivity index (χ3v) is 5.24. The third kappa shape index (κ3) is 3.98. The first kappa shape index (κ1) is 16.8. The van der Waals surface area contributed by atoms with Crippen LogP contribution in [0.1, 0.15) is 12.8 Å². The summed E-state index contributed by atoms with van der Waals surface area (Å²) in [6.07, 6.45) is 2.33. The molecule has 1 fully saturated rings. The third-order valence-electron chi connectivity index (χ3n) is 3.94. The number of anilines is 2. The van der Waals surface area contributed by atoms with Crippen LogP contribution in [0.5, 0.6) is 0 Å². The Morgan fingerprint density at radius 3 is 2.36 bits per heavy atom. The monoisotopic (exact) mass is 325 g/mol. The van der Waals surface area contributed by atoms with Gasteiger partial charge in [0, 0.05) is 33.1 Å². The highest BCUT2D eigenvalue weighted by Gasteiger charge is 2.29. The van der Waals surface area contributed by atoms with Gasteiger partial charge in [-0.15, -0.1) is 0 Å².